The van der Waals surface area contributed by atoms with Gasteiger partial charge in [-0.3, -0.25) is 0 Å². The highest BCUT2D eigenvalue weighted by Crippen LogP contribution is 2.27. The molecule has 2 N–H and O–H groups in total. The molecule has 1 aliphatic rings. The van der Waals surface area contributed by atoms with Crippen LogP contribution in [0.15, 0.2) is 18.2 Å². The maximum absolute atomic E-state index is 6.10. The molecule has 0 radical (unpaired) electrons. The number of thiocarbonyl (C=S) groups is 1. The Kier molecular flexibility index (Phi) is 5.49. The minimum absolute atomic E-state index is 0.470. The summed E-state index contributed by atoms with van der Waals surface area (Å²) in [4.78, 5) is 0. The van der Waals surface area contributed by atoms with Gasteiger partial charge in [-0.25, -0.2) is 0 Å². The smallest absolute Gasteiger partial charge is 0.171 e. The van der Waals surface area contributed by atoms with Gasteiger partial charge in [0.1, 0.15) is 5.75 Å². The van der Waals surface area contributed by atoms with E-state index in [9.17, 15) is 0 Å². The summed E-state index contributed by atoms with van der Waals surface area (Å²) < 4.78 is 5.13. The first-order valence-corrected chi connectivity index (χ1v) is 7.80. The third kappa shape index (κ3) is 4.00. The number of anilines is 1. The minimum atomic E-state index is 0.470. The second-order valence-corrected chi connectivity index (χ2v) is 6.13. The average Bonchev–Trinajstić information content (AvgIpc) is 2.41. The van der Waals surface area contributed by atoms with Crippen LogP contribution in [0.2, 0.25) is 5.02 Å². The number of halogens is 1. The third-order valence-corrected chi connectivity index (χ3v) is 4.35. The van der Waals surface area contributed by atoms with Gasteiger partial charge in [-0.05, 0) is 49.2 Å². The van der Waals surface area contributed by atoms with Crippen molar-refractivity contribution in [2.24, 2.45) is 5.92 Å². The van der Waals surface area contributed by atoms with Crippen molar-refractivity contribution in [2.75, 3.05) is 12.4 Å². The highest BCUT2D eigenvalue weighted by atomic mass is 35.5. The zero-order chi connectivity index (χ0) is 14.5. The molecule has 2 rings (SSSR count). The largest absolute Gasteiger partial charge is 0.495 e. The maximum Gasteiger partial charge on any atom is 0.171 e. The van der Waals surface area contributed by atoms with Crippen LogP contribution in [0.1, 0.15) is 32.6 Å². The van der Waals surface area contributed by atoms with E-state index in [1.165, 1.54) is 25.7 Å². The number of hydrogen-bond donors (Lipinski definition) is 2. The van der Waals surface area contributed by atoms with Gasteiger partial charge in [0.25, 0.3) is 0 Å². The minimum Gasteiger partial charge on any atom is -0.495 e. The molecule has 5 heteroatoms. The summed E-state index contributed by atoms with van der Waals surface area (Å²) in [7, 11) is 1.60. The van der Waals surface area contributed by atoms with Crippen LogP contribution < -0.4 is 15.4 Å². The van der Waals surface area contributed by atoms with Gasteiger partial charge in [0.2, 0.25) is 0 Å². The Labute approximate surface area is 131 Å². The van der Waals surface area contributed by atoms with Crippen molar-refractivity contribution >= 4 is 34.6 Å². The number of benzene rings is 1. The molecule has 0 spiro atoms. The van der Waals surface area contributed by atoms with Crippen LogP contribution >= 0.6 is 23.8 Å². The Balaban J connectivity index is 1.92. The lowest BCUT2D eigenvalue weighted by atomic mass is 9.86. The van der Waals surface area contributed by atoms with Crippen LogP contribution in [0.4, 0.5) is 5.69 Å². The Morgan fingerprint density at radius 1 is 1.35 bits per heavy atom. The first-order chi connectivity index (χ1) is 9.60. The molecule has 3 nitrogen and oxygen atoms in total. The molecule has 0 bridgehead atoms. The maximum atomic E-state index is 6.10. The van der Waals surface area contributed by atoms with Crippen molar-refractivity contribution in [1.82, 2.24) is 5.32 Å². The molecule has 1 saturated carbocycles. The van der Waals surface area contributed by atoms with Gasteiger partial charge in [-0.1, -0.05) is 31.4 Å². The number of nitrogens with one attached hydrogen (secondary N) is 2. The van der Waals surface area contributed by atoms with Gasteiger partial charge < -0.3 is 15.4 Å². The molecule has 110 valence electrons. The monoisotopic (exact) mass is 312 g/mol. The number of methoxy groups -OCH3 is 1. The van der Waals surface area contributed by atoms with E-state index in [1.807, 2.05) is 18.2 Å². The SMILES string of the molecule is COc1ccc(NC(=S)N[C@@H]2CCCC[C@H]2C)cc1Cl. The predicted molar refractivity (Wildman–Crippen MR) is 88.8 cm³/mol. The summed E-state index contributed by atoms with van der Waals surface area (Å²) in [6, 6.07) is 6.02. The van der Waals surface area contributed by atoms with Crippen molar-refractivity contribution in [2.45, 2.75) is 38.6 Å². The molecular formula is C15H21ClN2OS. The van der Waals surface area contributed by atoms with E-state index in [2.05, 4.69) is 17.6 Å². The summed E-state index contributed by atoms with van der Waals surface area (Å²) in [6.45, 7) is 2.28. The molecule has 0 saturated heterocycles. The van der Waals surface area contributed by atoms with Gasteiger partial charge in [-0.15, -0.1) is 0 Å². The zero-order valence-electron chi connectivity index (χ0n) is 11.9. The first-order valence-electron chi connectivity index (χ1n) is 7.01. The van der Waals surface area contributed by atoms with E-state index in [1.54, 1.807) is 7.11 Å². The van der Waals surface area contributed by atoms with Crippen LogP contribution in [0.5, 0.6) is 5.75 Å². The molecule has 0 amide bonds. The fourth-order valence-electron chi connectivity index (χ4n) is 2.61. The van der Waals surface area contributed by atoms with Gasteiger partial charge in [0.05, 0.1) is 12.1 Å². The lowest BCUT2D eigenvalue weighted by Crippen LogP contribution is -2.43. The summed E-state index contributed by atoms with van der Waals surface area (Å²) in [6.07, 6.45) is 5.06. The van der Waals surface area contributed by atoms with E-state index >= 15 is 0 Å². The molecule has 2 atom stereocenters. The lowest BCUT2D eigenvalue weighted by Gasteiger charge is -2.30. The summed E-state index contributed by atoms with van der Waals surface area (Å²) >= 11 is 11.5. The summed E-state index contributed by atoms with van der Waals surface area (Å²) in [5.74, 6) is 1.33. The molecule has 0 unspecified atom stereocenters. The van der Waals surface area contributed by atoms with Crippen LogP contribution in [-0.2, 0) is 0 Å². The zero-order valence-corrected chi connectivity index (χ0v) is 13.5. The van der Waals surface area contributed by atoms with Gasteiger partial charge in [-0.2, -0.15) is 0 Å². The summed E-state index contributed by atoms with van der Waals surface area (Å²) in [5.41, 5.74) is 0.872. The third-order valence-electron chi connectivity index (χ3n) is 3.84. The van der Waals surface area contributed by atoms with Crippen LogP contribution in [0.25, 0.3) is 0 Å². The quantitative estimate of drug-likeness (QED) is 0.819. The topological polar surface area (TPSA) is 33.3 Å². The second-order valence-electron chi connectivity index (χ2n) is 5.32. The normalized spacial score (nSPS) is 22.1. The van der Waals surface area contributed by atoms with Crippen LogP contribution in [-0.4, -0.2) is 18.3 Å². The highest BCUT2D eigenvalue weighted by molar-refractivity contribution is 7.80. The molecule has 1 aromatic rings. The second kappa shape index (κ2) is 7.14. The van der Waals surface area contributed by atoms with Crippen LogP contribution in [0.3, 0.4) is 0 Å². The summed E-state index contributed by atoms with van der Waals surface area (Å²) in [5, 5.41) is 7.83. The Hall–Kier alpha value is -1.00. The van der Waals surface area contributed by atoms with Gasteiger partial charge in [0.15, 0.2) is 5.11 Å². The van der Waals surface area contributed by atoms with Crippen LogP contribution in [0, 0.1) is 5.92 Å². The molecular weight excluding hydrogens is 292 g/mol. The molecule has 0 aromatic heterocycles. The molecule has 0 aliphatic heterocycles. The van der Waals surface area contributed by atoms with Gasteiger partial charge in [0, 0.05) is 11.7 Å². The molecule has 0 heterocycles. The van der Waals surface area contributed by atoms with Crippen molar-refractivity contribution in [3.05, 3.63) is 23.2 Å². The molecule has 1 aromatic carbocycles. The first kappa shape index (κ1) is 15.4. The van der Waals surface area contributed by atoms with Crippen molar-refractivity contribution in [1.29, 1.82) is 0 Å². The Morgan fingerprint density at radius 3 is 2.75 bits per heavy atom. The lowest BCUT2D eigenvalue weighted by molar-refractivity contribution is 0.309. The standard InChI is InChI=1S/C15H21ClN2OS/c1-10-5-3-4-6-13(10)18-15(20)17-11-7-8-14(19-2)12(16)9-11/h7-10,13H,3-6H2,1-2H3,(H2,17,18,20)/t10-,13-/m1/s1. The van der Waals surface area contributed by atoms with E-state index < -0.39 is 0 Å². The Bertz CT molecular complexity index is 481. The van der Waals surface area contributed by atoms with Crippen molar-refractivity contribution in [3.8, 4) is 5.75 Å². The van der Waals surface area contributed by atoms with Crippen molar-refractivity contribution < 1.29 is 4.74 Å². The average molecular weight is 313 g/mol. The molecule has 20 heavy (non-hydrogen) atoms. The van der Waals surface area contributed by atoms with E-state index in [0.29, 0.717) is 27.8 Å². The fourth-order valence-corrected chi connectivity index (χ4v) is 3.14. The predicted octanol–water partition coefficient (Wildman–Crippen LogP) is 4.21. The number of hydrogen-bond acceptors (Lipinski definition) is 2. The molecule has 1 fully saturated rings. The van der Waals surface area contributed by atoms with Crippen molar-refractivity contribution in [3.63, 3.8) is 0 Å². The van der Waals surface area contributed by atoms with E-state index in [-0.39, 0.29) is 0 Å². The fraction of sp³-hybridized carbons (Fsp3) is 0.533. The number of rotatable bonds is 3. The number of ether oxygens (including phenoxy) is 1. The Morgan fingerprint density at radius 2 is 2.10 bits per heavy atom. The van der Waals surface area contributed by atoms with Gasteiger partial charge >= 0.3 is 0 Å². The highest BCUT2D eigenvalue weighted by Gasteiger charge is 2.21. The van der Waals surface area contributed by atoms with E-state index in [0.717, 1.165) is 5.69 Å². The molecule has 1 aliphatic carbocycles. The van der Waals surface area contributed by atoms with E-state index in [4.69, 9.17) is 28.6 Å².